The number of nitrogens with zero attached hydrogens (tertiary/aromatic N) is 5. The van der Waals surface area contributed by atoms with E-state index < -0.39 is 5.82 Å². The minimum absolute atomic E-state index is 0.00447. The fourth-order valence-corrected chi connectivity index (χ4v) is 6.92. The van der Waals surface area contributed by atoms with Gasteiger partial charge in [0, 0.05) is 87.6 Å². The van der Waals surface area contributed by atoms with Gasteiger partial charge in [-0.15, -0.1) is 11.3 Å². The molecule has 4 aromatic rings. The second-order valence-electron chi connectivity index (χ2n) is 12.7. The number of benzene rings is 1. The lowest BCUT2D eigenvalue weighted by Crippen LogP contribution is -2.51. The molecule has 2 aliphatic rings. The van der Waals surface area contributed by atoms with E-state index in [-0.39, 0.29) is 23.7 Å². The summed E-state index contributed by atoms with van der Waals surface area (Å²) in [7, 11) is 0. The number of rotatable bonds is 11. The summed E-state index contributed by atoms with van der Waals surface area (Å²) in [5, 5.41) is 5.47. The lowest BCUT2D eigenvalue weighted by molar-refractivity contribution is 0.0605. The van der Waals surface area contributed by atoms with Crippen LogP contribution in [0.1, 0.15) is 50.9 Å². The normalized spacial score (nSPS) is 15.5. The van der Waals surface area contributed by atoms with Crippen LogP contribution in [-0.4, -0.2) is 94.0 Å². The smallest absolute Gasteiger partial charge is 0.319 e. The first kappa shape index (κ1) is 32.8. The molecule has 2 N–H and O–H groups in total. The zero-order chi connectivity index (χ0) is 33.1. The molecule has 0 bridgehead atoms. The number of fused-ring (bicyclic) bond motifs is 1. The van der Waals surface area contributed by atoms with Crippen molar-refractivity contribution in [1.82, 2.24) is 30.0 Å². The zero-order valence-corrected chi connectivity index (χ0v) is 28.1. The Kier molecular flexibility index (Phi) is 10.00. The second kappa shape index (κ2) is 14.3. The number of hydrogen-bond acceptors (Lipinski definition) is 8. The number of thiophene rings is 1. The van der Waals surface area contributed by atoms with E-state index in [0.717, 1.165) is 48.6 Å². The minimum atomic E-state index is -0.594. The molecule has 1 aliphatic heterocycles. The second-order valence-corrected chi connectivity index (χ2v) is 13.8. The summed E-state index contributed by atoms with van der Waals surface area (Å²) >= 11 is 1.44. The molecule has 0 unspecified atom stereocenters. The number of halogens is 1. The summed E-state index contributed by atoms with van der Waals surface area (Å²) in [4.78, 5) is 42.1. The molecule has 3 amide bonds. The number of aromatic nitrogens is 2. The highest BCUT2D eigenvalue weighted by atomic mass is 32.1. The van der Waals surface area contributed by atoms with Crippen molar-refractivity contribution in [1.29, 1.82) is 0 Å². The maximum Gasteiger partial charge on any atom is 0.319 e. The van der Waals surface area contributed by atoms with Crippen LogP contribution in [0.5, 0.6) is 11.5 Å². The Morgan fingerprint density at radius 3 is 2.43 bits per heavy atom. The van der Waals surface area contributed by atoms with Gasteiger partial charge in [0.25, 0.3) is 5.91 Å². The van der Waals surface area contributed by atoms with E-state index in [1.54, 1.807) is 24.5 Å². The van der Waals surface area contributed by atoms with E-state index in [0.29, 0.717) is 53.4 Å². The molecule has 1 saturated heterocycles. The van der Waals surface area contributed by atoms with Crippen molar-refractivity contribution < 1.29 is 18.7 Å². The Morgan fingerprint density at radius 2 is 1.77 bits per heavy atom. The third-order valence-electron chi connectivity index (χ3n) is 8.62. The van der Waals surface area contributed by atoms with Crippen LogP contribution in [0.4, 0.5) is 14.9 Å². The van der Waals surface area contributed by atoms with E-state index in [4.69, 9.17) is 4.74 Å². The van der Waals surface area contributed by atoms with Gasteiger partial charge >= 0.3 is 6.03 Å². The van der Waals surface area contributed by atoms with Crippen LogP contribution < -0.4 is 15.4 Å². The van der Waals surface area contributed by atoms with Gasteiger partial charge in [0.2, 0.25) is 0 Å². The lowest BCUT2D eigenvalue weighted by atomic mass is 10.2. The highest BCUT2D eigenvalue weighted by Gasteiger charge is 2.25. The van der Waals surface area contributed by atoms with Crippen molar-refractivity contribution in [2.75, 3.05) is 44.6 Å². The summed E-state index contributed by atoms with van der Waals surface area (Å²) in [5.41, 5.74) is 2.32. The zero-order valence-electron chi connectivity index (χ0n) is 27.3. The van der Waals surface area contributed by atoms with E-state index in [1.807, 2.05) is 23.1 Å². The Hall–Kier alpha value is -4.13. The number of hydrogen-bond donors (Lipinski definition) is 2. The molecular weight excluding hydrogens is 617 g/mol. The summed E-state index contributed by atoms with van der Waals surface area (Å²) in [6.07, 6.45) is 5.19. The molecule has 1 aliphatic carbocycles. The first-order valence-electron chi connectivity index (χ1n) is 16.3. The number of carbonyl (C=O) groups is 2. The molecule has 4 heterocycles. The standard InChI is InChI=1S/C35H42FN7O3S/c1-22(2)43(23(3)4)18-15-41-13-16-42(17-14-41)34(44)24-5-9-28(38-21-24)32-20-29-33(47-32)31(11-12-37-29)46-30-10-8-26(19-27(30)36)40-35(45)39-25-6-7-25/h5,8-12,19-23,25H,6-7,13-18H2,1-4H3,(H2,39,40,45). The van der Waals surface area contributed by atoms with Gasteiger partial charge in [0.1, 0.15) is 5.75 Å². The summed E-state index contributed by atoms with van der Waals surface area (Å²) < 4.78 is 21.7. The van der Waals surface area contributed by atoms with Crippen molar-refractivity contribution in [2.24, 2.45) is 0 Å². The van der Waals surface area contributed by atoms with Gasteiger partial charge in [0.05, 0.1) is 26.4 Å². The largest absolute Gasteiger partial charge is 0.453 e. The van der Waals surface area contributed by atoms with Crippen LogP contribution in [0.25, 0.3) is 20.8 Å². The van der Waals surface area contributed by atoms with Gasteiger partial charge in [0.15, 0.2) is 11.6 Å². The van der Waals surface area contributed by atoms with Crippen LogP contribution in [0, 0.1) is 5.82 Å². The Labute approximate surface area is 278 Å². The van der Waals surface area contributed by atoms with E-state index in [1.165, 1.54) is 23.5 Å². The first-order valence-corrected chi connectivity index (χ1v) is 17.1. The average molecular weight is 660 g/mol. The summed E-state index contributed by atoms with van der Waals surface area (Å²) in [6, 6.07) is 12.5. The molecule has 0 spiro atoms. The van der Waals surface area contributed by atoms with Crippen LogP contribution in [0.3, 0.4) is 0 Å². The number of pyridine rings is 2. The molecule has 47 heavy (non-hydrogen) atoms. The quantitative estimate of drug-likeness (QED) is 0.191. The van der Waals surface area contributed by atoms with E-state index >= 15 is 0 Å². The summed E-state index contributed by atoms with van der Waals surface area (Å²) in [5.74, 6) is -0.0988. The third kappa shape index (κ3) is 8.06. The predicted octanol–water partition coefficient (Wildman–Crippen LogP) is 6.45. The topological polar surface area (TPSA) is 103 Å². The Morgan fingerprint density at radius 1 is 1.00 bits per heavy atom. The molecule has 3 aromatic heterocycles. The van der Waals surface area contributed by atoms with Crippen molar-refractivity contribution in [3.8, 4) is 22.1 Å². The van der Waals surface area contributed by atoms with Crippen LogP contribution in [0.2, 0.25) is 0 Å². The van der Waals surface area contributed by atoms with Crippen molar-refractivity contribution in [3.63, 3.8) is 0 Å². The summed E-state index contributed by atoms with van der Waals surface area (Å²) in [6.45, 7) is 14.1. The molecule has 0 atom stereocenters. The minimum Gasteiger partial charge on any atom is -0.453 e. The predicted molar refractivity (Wildman–Crippen MR) is 184 cm³/mol. The fraction of sp³-hybridized carbons (Fsp3) is 0.429. The van der Waals surface area contributed by atoms with Gasteiger partial charge in [-0.05, 0) is 70.9 Å². The van der Waals surface area contributed by atoms with Crippen molar-refractivity contribution in [2.45, 2.75) is 58.7 Å². The molecular formula is C35H42FN7O3S. The van der Waals surface area contributed by atoms with Gasteiger partial charge in [-0.3, -0.25) is 24.6 Å². The third-order valence-corrected chi connectivity index (χ3v) is 9.78. The Bertz CT molecular complexity index is 1710. The van der Waals surface area contributed by atoms with Crippen LogP contribution in [-0.2, 0) is 0 Å². The Balaban J connectivity index is 1.07. The number of nitrogens with one attached hydrogen (secondary N) is 2. The van der Waals surface area contributed by atoms with E-state index in [2.05, 4.69) is 58.1 Å². The molecule has 2 fully saturated rings. The van der Waals surface area contributed by atoms with Gasteiger partial charge in [-0.1, -0.05) is 0 Å². The number of carbonyl (C=O) groups excluding carboxylic acids is 2. The number of ether oxygens (including phenoxy) is 1. The van der Waals surface area contributed by atoms with Gasteiger partial charge in [-0.2, -0.15) is 0 Å². The molecule has 1 aromatic carbocycles. The van der Waals surface area contributed by atoms with Crippen molar-refractivity contribution in [3.05, 3.63) is 66.2 Å². The van der Waals surface area contributed by atoms with E-state index in [9.17, 15) is 14.0 Å². The molecule has 12 heteroatoms. The van der Waals surface area contributed by atoms with Gasteiger partial charge in [-0.25, -0.2) is 9.18 Å². The fourth-order valence-electron chi connectivity index (χ4n) is 5.87. The SMILES string of the molecule is CC(C)N(CCN1CCN(C(=O)c2ccc(-c3cc4nccc(Oc5ccc(NC(=O)NC6CC6)cc5F)c4s3)nc2)CC1)C(C)C. The lowest BCUT2D eigenvalue weighted by Gasteiger charge is -2.37. The highest BCUT2D eigenvalue weighted by molar-refractivity contribution is 7.22. The molecule has 10 nitrogen and oxygen atoms in total. The maximum atomic E-state index is 15.0. The first-order chi connectivity index (χ1) is 22.6. The molecule has 6 rings (SSSR count). The van der Waals surface area contributed by atoms with Crippen LogP contribution >= 0.6 is 11.3 Å². The number of urea groups is 1. The van der Waals surface area contributed by atoms with Crippen LogP contribution in [0.15, 0.2) is 54.9 Å². The average Bonchev–Trinajstić information content (AvgIpc) is 3.75. The molecule has 248 valence electrons. The number of piperazine rings is 1. The number of amides is 3. The monoisotopic (exact) mass is 659 g/mol. The molecule has 0 radical (unpaired) electrons. The van der Waals surface area contributed by atoms with Crippen molar-refractivity contribution >= 4 is 39.2 Å². The highest BCUT2D eigenvalue weighted by Crippen LogP contribution is 2.39. The maximum absolute atomic E-state index is 15.0. The number of anilines is 1. The molecule has 1 saturated carbocycles. The van der Waals surface area contributed by atoms with Gasteiger partial charge < -0.3 is 20.3 Å².